The fourth-order valence-electron chi connectivity index (χ4n) is 2.45. The second-order valence-corrected chi connectivity index (χ2v) is 5.87. The predicted octanol–water partition coefficient (Wildman–Crippen LogP) is 2.64. The Hall–Kier alpha value is -2.76. The summed E-state index contributed by atoms with van der Waals surface area (Å²) < 4.78 is 14.2. The Morgan fingerprint density at radius 1 is 1.16 bits per heavy atom. The summed E-state index contributed by atoms with van der Waals surface area (Å²) in [5.41, 5.74) is 0.472. The summed E-state index contributed by atoms with van der Waals surface area (Å²) in [6.45, 7) is 4.17. The van der Waals surface area contributed by atoms with Crippen LogP contribution in [0.1, 0.15) is 41.7 Å². The van der Waals surface area contributed by atoms with E-state index in [0.29, 0.717) is 6.54 Å². The Balaban J connectivity index is 2.42. The quantitative estimate of drug-likeness (QED) is 0.477. The molecule has 2 aromatic rings. The maximum absolute atomic E-state index is 13.1. The fourth-order valence-corrected chi connectivity index (χ4v) is 2.45. The number of ketones is 1. The molecule has 0 aliphatic heterocycles. The monoisotopic (exact) mass is 344 g/mol. The molecular weight excluding hydrogens is 323 g/mol. The lowest BCUT2D eigenvalue weighted by molar-refractivity contribution is -0.123. The molecule has 1 aromatic carbocycles. The number of halogens is 1. The van der Waals surface area contributed by atoms with E-state index < -0.39 is 29.1 Å². The van der Waals surface area contributed by atoms with Crippen molar-refractivity contribution in [2.75, 3.05) is 6.54 Å². The fraction of sp³-hybridized carbons (Fsp3) is 0.316. The zero-order valence-electron chi connectivity index (χ0n) is 14.3. The number of hydrogen-bond donors (Lipinski definition) is 1. The first-order valence-electron chi connectivity index (χ1n) is 8.20. The number of rotatable bonds is 7. The standard InChI is InChI=1S/C19H21FN2O3/c1-3-4-11-21-19(25)17(22-12-13(2)5-10-16(22)23)18(24)14-6-8-15(20)9-7-14/h5-10,12,17H,3-4,11H2,1-2H3,(H,21,25)/t17-/m0/s1. The van der Waals surface area contributed by atoms with E-state index in [0.717, 1.165) is 35.1 Å². The number of benzene rings is 1. The third-order valence-electron chi connectivity index (χ3n) is 3.82. The maximum Gasteiger partial charge on any atom is 0.251 e. The van der Waals surface area contributed by atoms with Gasteiger partial charge in [0, 0.05) is 24.4 Å². The highest BCUT2D eigenvalue weighted by Gasteiger charge is 2.30. The molecule has 132 valence electrons. The summed E-state index contributed by atoms with van der Waals surface area (Å²) in [4.78, 5) is 37.7. The van der Waals surface area contributed by atoms with Gasteiger partial charge in [0.25, 0.3) is 11.5 Å². The number of nitrogens with one attached hydrogen (secondary N) is 1. The normalized spacial score (nSPS) is 11.8. The SMILES string of the molecule is CCCCNC(=O)[C@H](C(=O)c1ccc(F)cc1)n1cc(C)ccc1=O. The van der Waals surface area contributed by atoms with Crippen molar-refractivity contribution in [2.24, 2.45) is 0 Å². The largest absolute Gasteiger partial charge is 0.354 e. The Morgan fingerprint density at radius 2 is 1.84 bits per heavy atom. The molecule has 0 saturated heterocycles. The maximum atomic E-state index is 13.1. The van der Waals surface area contributed by atoms with Crippen molar-refractivity contribution in [1.29, 1.82) is 0 Å². The lowest BCUT2D eigenvalue weighted by Gasteiger charge is -2.19. The van der Waals surface area contributed by atoms with Crippen LogP contribution in [0.15, 0.2) is 47.4 Å². The summed E-state index contributed by atoms with van der Waals surface area (Å²) >= 11 is 0. The van der Waals surface area contributed by atoms with Crippen LogP contribution in [0.3, 0.4) is 0 Å². The van der Waals surface area contributed by atoms with Crippen LogP contribution in [0, 0.1) is 12.7 Å². The number of pyridine rings is 1. The average Bonchev–Trinajstić information content (AvgIpc) is 2.59. The Bertz CT molecular complexity index is 812. The molecule has 0 unspecified atom stereocenters. The second-order valence-electron chi connectivity index (χ2n) is 5.87. The zero-order valence-corrected chi connectivity index (χ0v) is 14.3. The van der Waals surface area contributed by atoms with Gasteiger partial charge in [0.1, 0.15) is 5.82 Å². The molecule has 25 heavy (non-hydrogen) atoms. The average molecular weight is 344 g/mol. The van der Waals surface area contributed by atoms with Crippen molar-refractivity contribution < 1.29 is 14.0 Å². The third-order valence-corrected chi connectivity index (χ3v) is 3.82. The van der Waals surface area contributed by atoms with Gasteiger partial charge in [0.05, 0.1) is 0 Å². The molecule has 1 amide bonds. The van der Waals surface area contributed by atoms with Gasteiger partial charge in [-0.2, -0.15) is 0 Å². The number of nitrogens with zero attached hydrogens (tertiary/aromatic N) is 1. The summed E-state index contributed by atoms with van der Waals surface area (Å²) in [7, 11) is 0. The summed E-state index contributed by atoms with van der Waals surface area (Å²) in [6.07, 6.45) is 3.14. The molecule has 1 heterocycles. The minimum atomic E-state index is -1.32. The number of aromatic nitrogens is 1. The van der Waals surface area contributed by atoms with E-state index in [1.807, 2.05) is 6.92 Å². The second kappa shape index (κ2) is 8.37. The van der Waals surface area contributed by atoms with Gasteiger partial charge in [-0.1, -0.05) is 19.4 Å². The van der Waals surface area contributed by atoms with Crippen LogP contribution in [-0.2, 0) is 4.79 Å². The molecule has 0 aliphatic carbocycles. The van der Waals surface area contributed by atoms with Crippen LogP contribution in [-0.4, -0.2) is 22.8 Å². The van der Waals surface area contributed by atoms with Gasteiger partial charge in [-0.15, -0.1) is 0 Å². The van der Waals surface area contributed by atoms with Gasteiger partial charge in [0.2, 0.25) is 0 Å². The first-order chi connectivity index (χ1) is 11.9. The summed E-state index contributed by atoms with van der Waals surface area (Å²) in [5, 5.41) is 2.70. The van der Waals surface area contributed by atoms with Crippen molar-refractivity contribution in [3.05, 3.63) is 69.9 Å². The summed E-state index contributed by atoms with van der Waals surface area (Å²) in [5.74, 6) is -1.58. The lowest BCUT2D eigenvalue weighted by Crippen LogP contribution is -2.41. The predicted molar refractivity (Wildman–Crippen MR) is 93.1 cm³/mol. The molecule has 1 atom stereocenters. The molecule has 0 bridgehead atoms. The minimum Gasteiger partial charge on any atom is -0.354 e. The molecule has 6 heteroatoms. The lowest BCUT2D eigenvalue weighted by atomic mass is 10.0. The van der Waals surface area contributed by atoms with Crippen LogP contribution in [0.5, 0.6) is 0 Å². The topological polar surface area (TPSA) is 68.2 Å². The van der Waals surface area contributed by atoms with E-state index in [1.54, 1.807) is 13.0 Å². The van der Waals surface area contributed by atoms with Crippen molar-refractivity contribution >= 4 is 11.7 Å². The van der Waals surface area contributed by atoms with E-state index in [1.165, 1.54) is 24.4 Å². The molecular formula is C19H21FN2O3. The molecule has 0 aliphatic rings. The first-order valence-corrected chi connectivity index (χ1v) is 8.20. The molecule has 1 N–H and O–H groups in total. The van der Waals surface area contributed by atoms with Gasteiger partial charge in [-0.3, -0.25) is 19.0 Å². The van der Waals surface area contributed by atoms with Crippen LogP contribution in [0.4, 0.5) is 4.39 Å². The summed E-state index contributed by atoms with van der Waals surface area (Å²) in [6, 6.07) is 6.54. The van der Waals surface area contributed by atoms with Gasteiger partial charge in [-0.25, -0.2) is 4.39 Å². The minimum absolute atomic E-state index is 0.172. The highest BCUT2D eigenvalue weighted by Crippen LogP contribution is 2.15. The van der Waals surface area contributed by atoms with E-state index >= 15 is 0 Å². The Labute approximate surface area is 145 Å². The number of aryl methyl sites for hydroxylation is 1. The van der Waals surface area contributed by atoms with Crippen molar-refractivity contribution in [2.45, 2.75) is 32.7 Å². The molecule has 0 spiro atoms. The number of Topliss-reactive ketones (excluding diaryl/α,β-unsaturated/α-hetero) is 1. The number of carbonyl (C=O) groups is 2. The zero-order chi connectivity index (χ0) is 18.4. The highest BCUT2D eigenvalue weighted by atomic mass is 19.1. The van der Waals surface area contributed by atoms with Gasteiger partial charge < -0.3 is 5.32 Å². The molecule has 0 saturated carbocycles. The van der Waals surface area contributed by atoms with Crippen LogP contribution in [0.25, 0.3) is 0 Å². The van der Waals surface area contributed by atoms with Gasteiger partial charge in [0.15, 0.2) is 11.8 Å². The first kappa shape index (κ1) is 18.6. The highest BCUT2D eigenvalue weighted by molar-refractivity contribution is 6.11. The van der Waals surface area contributed by atoms with E-state index in [9.17, 15) is 18.8 Å². The Kier molecular flexibility index (Phi) is 6.22. The van der Waals surface area contributed by atoms with Gasteiger partial charge in [-0.05, 0) is 43.2 Å². The number of unbranched alkanes of at least 4 members (excludes halogenated alkanes) is 1. The third kappa shape index (κ3) is 4.62. The molecule has 1 aromatic heterocycles. The van der Waals surface area contributed by atoms with Crippen LogP contribution in [0.2, 0.25) is 0 Å². The molecule has 5 nitrogen and oxygen atoms in total. The van der Waals surface area contributed by atoms with Crippen LogP contribution >= 0.6 is 0 Å². The van der Waals surface area contributed by atoms with Crippen molar-refractivity contribution in [1.82, 2.24) is 9.88 Å². The molecule has 0 radical (unpaired) electrons. The van der Waals surface area contributed by atoms with Gasteiger partial charge >= 0.3 is 0 Å². The van der Waals surface area contributed by atoms with Crippen molar-refractivity contribution in [3.8, 4) is 0 Å². The number of amides is 1. The van der Waals surface area contributed by atoms with E-state index in [4.69, 9.17) is 0 Å². The van der Waals surface area contributed by atoms with Crippen molar-refractivity contribution in [3.63, 3.8) is 0 Å². The van der Waals surface area contributed by atoms with E-state index in [2.05, 4.69) is 5.32 Å². The van der Waals surface area contributed by atoms with Crippen LogP contribution < -0.4 is 10.9 Å². The molecule has 2 rings (SSSR count). The Morgan fingerprint density at radius 3 is 2.48 bits per heavy atom. The van der Waals surface area contributed by atoms with E-state index in [-0.39, 0.29) is 5.56 Å². The number of hydrogen-bond acceptors (Lipinski definition) is 3. The molecule has 0 fully saturated rings. The number of carbonyl (C=O) groups excluding carboxylic acids is 2. The smallest absolute Gasteiger partial charge is 0.251 e.